The van der Waals surface area contributed by atoms with E-state index < -0.39 is 5.82 Å². The second kappa shape index (κ2) is 9.17. The van der Waals surface area contributed by atoms with Gasteiger partial charge in [-0.2, -0.15) is 4.68 Å². The number of nitrogens with zero attached hydrogens (tertiary/aromatic N) is 3. The highest BCUT2D eigenvalue weighted by Crippen LogP contribution is 2.32. The van der Waals surface area contributed by atoms with Gasteiger partial charge in [0.25, 0.3) is 0 Å². The van der Waals surface area contributed by atoms with Gasteiger partial charge in [0.05, 0.1) is 15.7 Å². The lowest BCUT2D eigenvalue weighted by atomic mass is 10.2. The molecule has 1 aliphatic rings. The fourth-order valence-electron chi connectivity index (χ4n) is 3.94. The van der Waals surface area contributed by atoms with Crippen molar-refractivity contribution in [3.8, 4) is 17.1 Å². The zero-order chi connectivity index (χ0) is 22.3. The van der Waals surface area contributed by atoms with Crippen LogP contribution in [-0.2, 0) is 11.4 Å². The molecular weight excluding hydrogens is 482 g/mol. The van der Waals surface area contributed by atoms with Crippen LogP contribution in [0.3, 0.4) is 0 Å². The van der Waals surface area contributed by atoms with Gasteiger partial charge >= 0.3 is 0 Å². The molecule has 0 saturated carbocycles. The Morgan fingerprint density at radius 2 is 1.81 bits per heavy atom. The molecule has 164 valence electrons. The molecule has 3 aromatic rings. The van der Waals surface area contributed by atoms with Crippen molar-refractivity contribution in [2.75, 3.05) is 13.1 Å². The van der Waals surface area contributed by atoms with E-state index in [1.807, 2.05) is 0 Å². The molecule has 2 heterocycles. The topological polar surface area (TPSA) is 36.4 Å². The summed E-state index contributed by atoms with van der Waals surface area (Å²) in [4.78, 5) is 1.30. The maximum Gasteiger partial charge on any atom is 0.207 e. The Bertz CT molecular complexity index is 1170. The monoisotopic (exact) mass is 501 g/mol. The summed E-state index contributed by atoms with van der Waals surface area (Å²) in [6.45, 7) is 6.38. The summed E-state index contributed by atoms with van der Waals surface area (Å²) in [6, 6.07) is 9.63. The quantitative estimate of drug-likeness (QED) is 0.520. The molecule has 0 radical (unpaired) electrons. The first kappa shape index (κ1) is 22.7. The minimum atomic E-state index is -0.504. The van der Waals surface area contributed by atoms with Crippen molar-refractivity contribution in [2.45, 2.75) is 32.7 Å². The summed E-state index contributed by atoms with van der Waals surface area (Å²) >= 11 is 24.4. The highest BCUT2D eigenvalue weighted by atomic mass is 35.5. The lowest BCUT2D eigenvalue weighted by Gasteiger charge is -2.32. The van der Waals surface area contributed by atoms with E-state index in [1.165, 1.54) is 17.0 Å². The van der Waals surface area contributed by atoms with Crippen LogP contribution in [0.25, 0.3) is 17.1 Å². The molecule has 0 aliphatic carbocycles. The van der Waals surface area contributed by atoms with Crippen LogP contribution in [-0.4, -0.2) is 39.6 Å². The maximum absolute atomic E-state index is 13.8. The van der Waals surface area contributed by atoms with E-state index in [9.17, 15) is 4.39 Å². The minimum absolute atomic E-state index is 0.00163. The average molecular weight is 503 g/mol. The van der Waals surface area contributed by atoms with Crippen molar-refractivity contribution >= 4 is 47.0 Å². The van der Waals surface area contributed by atoms with Crippen LogP contribution < -0.4 is 4.90 Å². The lowest BCUT2D eigenvalue weighted by Crippen LogP contribution is -3.14. The highest BCUT2D eigenvalue weighted by molar-refractivity contribution is 7.71. The molecule has 1 fully saturated rings. The minimum Gasteiger partial charge on any atom is -0.364 e. The highest BCUT2D eigenvalue weighted by Gasteiger charge is 2.27. The number of hydrogen-bond acceptors (Lipinski definition) is 3. The van der Waals surface area contributed by atoms with E-state index >= 15 is 0 Å². The first-order chi connectivity index (χ1) is 14.7. The summed E-state index contributed by atoms with van der Waals surface area (Å²) in [6.07, 6.45) is 0.298. The number of hydrogen-bond donors (Lipinski definition) is 1. The summed E-state index contributed by atoms with van der Waals surface area (Å²) in [5, 5.41) is 5.75. The Kier molecular flexibility index (Phi) is 6.72. The summed E-state index contributed by atoms with van der Waals surface area (Å²) in [7, 11) is 0. The standard InChI is InChI=1S/C21H20Cl3FN4OS/c1-12-9-27(10-13(2)30-12)11-28-21(31)29(15-4-6-19(25)18(24)8-15)20(26-28)16-5-3-14(22)7-17(16)23/h3-8,12-13H,9-11H2,1-2H3/p+1/t12-,13+. The zero-order valence-corrected chi connectivity index (χ0v) is 20.0. The van der Waals surface area contributed by atoms with Gasteiger partial charge in [0, 0.05) is 10.6 Å². The number of benzene rings is 2. The molecular formula is C21H21Cl3FN4OS+. The SMILES string of the molecule is C[C@@H]1C[NH+](Cn2nc(-c3ccc(Cl)cc3Cl)n(-c3ccc(F)c(Cl)c3)c2=S)C[C@H](C)O1. The van der Waals surface area contributed by atoms with Gasteiger partial charge in [0.2, 0.25) is 4.77 Å². The van der Waals surface area contributed by atoms with E-state index in [4.69, 9.17) is 56.9 Å². The number of rotatable bonds is 4. The van der Waals surface area contributed by atoms with Crippen molar-refractivity contribution in [1.82, 2.24) is 14.3 Å². The fraction of sp³-hybridized carbons (Fsp3) is 0.333. The summed E-state index contributed by atoms with van der Waals surface area (Å²) in [5.74, 6) is 0.0271. The Balaban J connectivity index is 1.83. The molecule has 4 rings (SSSR count). The molecule has 0 bridgehead atoms. The van der Waals surface area contributed by atoms with Gasteiger partial charge in [0.1, 0.15) is 31.1 Å². The van der Waals surface area contributed by atoms with Gasteiger partial charge < -0.3 is 9.64 Å². The third-order valence-electron chi connectivity index (χ3n) is 5.16. The third kappa shape index (κ3) is 4.82. The first-order valence-electron chi connectivity index (χ1n) is 9.82. The van der Waals surface area contributed by atoms with E-state index in [2.05, 4.69) is 13.8 Å². The van der Waals surface area contributed by atoms with Crippen molar-refractivity contribution in [3.05, 3.63) is 62.1 Å². The Hall–Kier alpha value is -1.48. The van der Waals surface area contributed by atoms with Gasteiger partial charge in [-0.3, -0.25) is 4.57 Å². The molecule has 1 unspecified atom stereocenters. The summed E-state index contributed by atoms with van der Waals surface area (Å²) < 4.78 is 23.6. The Morgan fingerprint density at radius 1 is 1.10 bits per heavy atom. The van der Waals surface area contributed by atoms with E-state index in [1.54, 1.807) is 33.5 Å². The predicted molar refractivity (Wildman–Crippen MR) is 124 cm³/mol. The summed E-state index contributed by atoms with van der Waals surface area (Å²) in [5.41, 5.74) is 1.26. The van der Waals surface area contributed by atoms with Gasteiger partial charge in [-0.15, -0.1) is 5.10 Å². The van der Waals surface area contributed by atoms with Gasteiger partial charge in [-0.05, 0) is 62.5 Å². The van der Waals surface area contributed by atoms with Crippen LogP contribution in [0.5, 0.6) is 0 Å². The molecule has 1 aliphatic heterocycles. The zero-order valence-electron chi connectivity index (χ0n) is 16.9. The van der Waals surface area contributed by atoms with E-state index in [0.29, 0.717) is 38.6 Å². The van der Waals surface area contributed by atoms with Crippen molar-refractivity contribution in [1.29, 1.82) is 0 Å². The molecule has 10 heteroatoms. The van der Waals surface area contributed by atoms with Gasteiger partial charge in [-0.25, -0.2) is 4.39 Å². The van der Waals surface area contributed by atoms with Gasteiger partial charge in [-0.1, -0.05) is 34.8 Å². The first-order valence-corrected chi connectivity index (χ1v) is 11.4. The normalized spacial score (nSPS) is 21.4. The molecule has 1 saturated heterocycles. The molecule has 3 atom stereocenters. The Morgan fingerprint density at radius 3 is 2.45 bits per heavy atom. The largest absolute Gasteiger partial charge is 0.364 e. The maximum atomic E-state index is 13.8. The molecule has 1 N–H and O–H groups in total. The fourth-order valence-corrected chi connectivity index (χ4v) is 4.91. The van der Waals surface area contributed by atoms with Crippen molar-refractivity contribution in [2.24, 2.45) is 0 Å². The molecule has 0 amide bonds. The van der Waals surface area contributed by atoms with Crippen LogP contribution in [0.1, 0.15) is 13.8 Å². The molecule has 1 aromatic heterocycles. The lowest BCUT2D eigenvalue weighted by molar-refractivity contribution is -0.937. The number of quaternary nitrogens is 1. The van der Waals surface area contributed by atoms with Crippen molar-refractivity contribution in [3.63, 3.8) is 0 Å². The second-order valence-corrected chi connectivity index (χ2v) is 9.35. The predicted octanol–water partition coefficient (Wildman–Crippen LogP) is 4.82. The van der Waals surface area contributed by atoms with Crippen LogP contribution in [0.15, 0.2) is 36.4 Å². The number of nitrogens with one attached hydrogen (secondary N) is 1. The number of morpholine rings is 1. The van der Waals surface area contributed by atoms with Crippen LogP contribution in [0.2, 0.25) is 15.1 Å². The van der Waals surface area contributed by atoms with E-state index in [-0.39, 0.29) is 17.2 Å². The van der Waals surface area contributed by atoms with E-state index in [0.717, 1.165) is 13.1 Å². The molecule has 5 nitrogen and oxygen atoms in total. The number of halogens is 4. The van der Waals surface area contributed by atoms with Crippen LogP contribution in [0, 0.1) is 10.6 Å². The molecule has 2 aromatic carbocycles. The smallest absolute Gasteiger partial charge is 0.207 e. The van der Waals surface area contributed by atoms with Crippen LogP contribution in [0.4, 0.5) is 4.39 Å². The number of aromatic nitrogens is 3. The molecule has 31 heavy (non-hydrogen) atoms. The van der Waals surface area contributed by atoms with Gasteiger partial charge in [0.15, 0.2) is 12.5 Å². The third-order valence-corrected chi connectivity index (χ3v) is 6.39. The average Bonchev–Trinajstić information content (AvgIpc) is 2.99. The number of ether oxygens (including phenoxy) is 1. The second-order valence-electron chi connectivity index (χ2n) is 7.74. The Labute approximate surface area is 199 Å². The van der Waals surface area contributed by atoms with Crippen LogP contribution >= 0.6 is 47.0 Å². The molecule has 0 spiro atoms. The van der Waals surface area contributed by atoms with Crippen molar-refractivity contribution < 1.29 is 14.0 Å².